The molecule has 7 heteroatoms. The minimum Gasteiger partial charge on any atom is -0.367 e. The molecule has 2 heterocycles. The number of carbonyl (C=O) groups excluding carboxylic acids is 1. The zero-order valence-corrected chi connectivity index (χ0v) is 13.4. The van der Waals surface area contributed by atoms with E-state index in [0.29, 0.717) is 16.6 Å². The van der Waals surface area contributed by atoms with Crippen LogP contribution in [0.3, 0.4) is 0 Å². The maximum Gasteiger partial charge on any atom is 0.259 e. The smallest absolute Gasteiger partial charge is 0.259 e. The molecular weight excluding hydrogens is 310 g/mol. The van der Waals surface area contributed by atoms with E-state index in [1.165, 1.54) is 17.8 Å². The molecule has 0 saturated carbocycles. The number of unbranched alkanes of at least 4 members (excludes halogenated alkanes) is 3. The third kappa shape index (κ3) is 3.98. The molecule has 21 heavy (non-hydrogen) atoms. The standard InChI is InChI=1S/C14H18ClN3O2S/c1-2-3-4-5-8-17-14(19)11-12(18-20-13(11)16)9-6-7-10(15)21-9/h6-7H,2-5,8,16H2,1H3,(H,17,19). The van der Waals surface area contributed by atoms with E-state index < -0.39 is 0 Å². The Morgan fingerprint density at radius 2 is 2.24 bits per heavy atom. The number of halogens is 1. The first-order valence-electron chi connectivity index (χ1n) is 6.92. The molecule has 5 nitrogen and oxygen atoms in total. The number of amides is 1. The lowest BCUT2D eigenvalue weighted by atomic mass is 10.1. The molecule has 0 aromatic carbocycles. The van der Waals surface area contributed by atoms with Crippen molar-refractivity contribution in [2.24, 2.45) is 0 Å². The van der Waals surface area contributed by atoms with Crippen molar-refractivity contribution < 1.29 is 9.32 Å². The highest BCUT2D eigenvalue weighted by Gasteiger charge is 2.23. The molecule has 0 spiro atoms. The number of hydrogen-bond donors (Lipinski definition) is 2. The van der Waals surface area contributed by atoms with Crippen molar-refractivity contribution in [3.8, 4) is 10.6 Å². The Bertz CT molecular complexity index is 609. The van der Waals surface area contributed by atoms with Gasteiger partial charge in [-0.3, -0.25) is 4.79 Å². The zero-order chi connectivity index (χ0) is 15.2. The second-order valence-corrected chi connectivity index (χ2v) is 6.41. The third-order valence-electron chi connectivity index (χ3n) is 3.07. The summed E-state index contributed by atoms with van der Waals surface area (Å²) in [5, 5.41) is 6.72. The van der Waals surface area contributed by atoms with Gasteiger partial charge in [0.05, 0.1) is 9.21 Å². The molecule has 114 valence electrons. The molecule has 2 aromatic rings. The van der Waals surface area contributed by atoms with Crippen LogP contribution in [-0.4, -0.2) is 17.6 Å². The minimum absolute atomic E-state index is 0.0283. The van der Waals surface area contributed by atoms with Crippen LogP contribution in [0, 0.1) is 0 Å². The summed E-state index contributed by atoms with van der Waals surface area (Å²) < 4.78 is 5.58. The summed E-state index contributed by atoms with van der Waals surface area (Å²) in [6.45, 7) is 2.77. The van der Waals surface area contributed by atoms with Gasteiger partial charge in [-0.2, -0.15) is 0 Å². The van der Waals surface area contributed by atoms with Crippen LogP contribution < -0.4 is 11.1 Å². The number of rotatable bonds is 7. The van der Waals surface area contributed by atoms with E-state index in [9.17, 15) is 4.79 Å². The summed E-state index contributed by atoms with van der Waals surface area (Å²) in [7, 11) is 0. The lowest BCUT2D eigenvalue weighted by molar-refractivity contribution is 0.0954. The van der Waals surface area contributed by atoms with Gasteiger partial charge in [-0.05, 0) is 18.6 Å². The van der Waals surface area contributed by atoms with Crippen LogP contribution in [0.5, 0.6) is 0 Å². The molecular formula is C14H18ClN3O2S. The van der Waals surface area contributed by atoms with Gasteiger partial charge in [-0.25, -0.2) is 0 Å². The fourth-order valence-electron chi connectivity index (χ4n) is 1.97. The summed E-state index contributed by atoms with van der Waals surface area (Å²) in [6.07, 6.45) is 4.38. The first kappa shape index (κ1) is 15.9. The van der Waals surface area contributed by atoms with Gasteiger partial charge in [0.1, 0.15) is 11.3 Å². The number of carbonyl (C=O) groups is 1. The van der Waals surface area contributed by atoms with E-state index in [2.05, 4.69) is 17.4 Å². The summed E-state index contributed by atoms with van der Waals surface area (Å²) in [6, 6.07) is 3.54. The summed E-state index contributed by atoms with van der Waals surface area (Å²) in [4.78, 5) is 13.0. The monoisotopic (exact) mass is 327 g/mol. The van der Waals surface area contributed by atoms with Gasteiger partial charge in [-0.1, -0.05) is 42.9 Å². The van der Waals surface area contributed by atoms with Crippen LogP contribution in [0.25, 0.3) is 10.6 Å². The average Bonchev–Trinajstić information content (AvgIpc) is 3.04. The Kier molecular flexibility index (Phi) is 5.64. The fraction of sp³-hybridized carbons (Fsp3) is 0.429. The number of thiophene rings is 1. The predicted molar refractivity (Wildman–Crippen MR) is 85.7 cm³/mol. The highest BCUT2D eigenvalue weighted by Crippen LogP contribution is 2.34. The summed E-state index contributed by atoms with van der Waals surface area (Å²) in [5.74, 6) is -0.231. The molecule has 2 aromatic heterocycles. The number of aromatic nitrogens is 1. The molecule has 0 bridgehead atoms. The Morgan fingerprint density at radius 1 is 1.43 bits per heavy atom. The molecule has 0 saturated heterocycles. The van der Waals surface area contributed by atoms with Crippen molar-refractivity contribution in [1.29, 1.82) is 0 Å². The SMILES string of the molecule is CCCCCCNC(=O)c1c(-c2ccc(Cl)s2)noc1N. The number of nitrogens with two attached hydrogens (primary N) is 1. The maximum atomic E-state index is 12.2. The van der Waals surface area contributed by atoms with Crippen LogP contribution in [0.4, 0.5) is 5.88 Å². The molecule has 0 aliphatic heterocycles. The largest absolute Gasteiger partial charge is 0.367 e. The van der Waals surface area contributed by atoms with E-state index in [0.717, 1.165) is 24.1 Å². The van der Waals surface area contributed by atoms with Crippen LogP contribution in [-0.2, 0) is 0 Å². The van der Waals surface area contributed by atoms with Crippen molar-refractivity contribution in [2.75, 3.05) is 12.3 Å². The fourth-order valence-corrected chi connectivity index (χ4v) is 3.00. The first-order valence-corrected chi connectivity index (χ1v) is 8.12. The summed E-state index contributed by atoms with van der Waals surface area (Å²) >= 11 is 7.24. The summed E-state index contributed by atoms with van der Waals surface area (Å²) in [5.41, 5.74) is 6.44. The molecule has 0 radical (unpaired) electrons. The van der Waals surface area contributed by atoms with Crippen molar-refractivity contribution in [2.45, 2.75) is 32.6 Å². The molecule has 0 aliphatic carbocycles. The molecule has 0 fully saturated rings. The van der Waals surface area contributed by atoms with Gasteiger partial charge in [0, 0.05) is 6.54 Å². The van der Waals surface area contributed by atoms with Crippen molar-refractivity contribution >= 4 is 34.7 Å². The van der Waals surface area contributed by atoms with E-state index in [1.807, 2.05) is 0 Å². The second kappa shape index (κ2) is 7.47. The van der Waals surface area contributed by atoms with Crippen molar-refractivity contribution in [3.05, 3.63) is 22.0 Å². The Labute approximate surface area is 132 Å². The second-order valence-electron chi connectivity index (χ2n) is 4.69. The molecule has 0 atom stereocenters. The molecule has 1 amide bonds. The number of nitrogen functional groups attached to an aromatic ring is 1. The topological polar surface area (TPSA) is 81.2 Å². The molecule has 0 aliphatic rings. The van der Waals surface area contributed by atoms with Crippen LogP contribution >= 0.6 is 22.9 Å². The average molecular weight is 328 g/mol. The lowest BCUT2D eigenvalue weighted by Gasteiger charge is -2.04. The Morgan fingerprint density at radius 3 is 2.90 bits per heavy atom. The van der Waals surface area contributed by atoms with E-state index in [-0.39, 0.29) is 17.4 Å². The van der Waals surface area contributed by atoms with Gasteiger partial charge >= 0.3 is 0 Å². The van der Waals surface area contributed by atoms with Gasteiger partial charge < -0.3 is 15.6 Å². The van der Waals surface area contributed by atoms with Crippen molar-refractivity contribution in [3.63, 3.8) is 0 Å². The lowest BCUT2D eigenvalue weighted by Crippen LogP contribution is -2.25. The third-order valence-corrected chi connectivity index (χ3v) is 4.31. The Hall–Kier alpha value is -1.53. The van der Waals surface area contributed by atoms with Gasteiger partial charge in [0.15, 0.2) is 0 Å². The van der Waals surface area contributed by atoms with Gasteiger partial charge in [0.2, 0.25) is 5.88 Å². The quantitative estimate of drug-likeness (QED) is 0.754. The first-order chi connectivity index (χ1) is 10.1. The highest BCUT2D eigenvalue weighted by atomic mass is 35.5. The van der Waals surface area contributed by atoms with E-state index in [1.54, 1.807) is 12.1 Å². The van der Waals surface area contributed by atoms with Gasteiger partial charge in [0.25, 0.3) is 5.91 Å². The number of nitrogens with one attached hydrogen (secondary N) is 1. The maximum absolute atomic E-state index is 12.2. The van der Waals surface area contributed by atoms with E-state index >= 15 is 0 Å². The van der Waals surface area contributed by atoms with Gasteiger partial charge in [-0.15, -0.1) is 11.3 Å². The normalized spacial score (nSPS) is 10.8. The molecule has 2 rings (SSSR count). The number of nitrogens with zero attached hydrogens (tertiary/aromatic N) is 1. The number of hydrogen-bond acceptors (Lipinski definition) is 5. The minimum atomic E-state index is -0.259. The van der Waals surface area contributed by atoms with Crippen LogP contribution in [0.2, 0.25) is 4.34 Å². The highest BCUT2D eigenvalue weighted by molar-refractivity contribution is 7.19. The van der Waals surface area contributed by atoms with E-state index in [4.69, 9.17) is 21.9 Å². The van der Waals surface area contributed by atoms with Crippen LogP contribution in [0.1, 0.15) is 43.0 Å². The predicted octanol–water partition coefficient (Wildman–Crippen LogP) is 3.95. The van der Waals surface area contributed by atoms with Crippen molar-refractivity contribution in [1.82, 2.24) is 10.5 Å². The number of anilines is 1. The molecule has 3 N–H and O–H groups in total. The zero-order valence-electron chi connectivity index (χ0n) is 11.8. The van der Waals surface area contributed by atoms with Crippen LogP contribution in [0.15, 0.2) is 16.7 Å². The molecule has 0 unspecified atom stereocenters. The Balaban J connectivity index is 2.05.